The number of hydrogen-bond donors (Lipinski definition) is 1. The van der Waals surface area contributed by atoms with Gasteiger partial charge in [-0.2, -0.15) is 0 Å². The number of aryl methyl sites for hydroxylation is 1. The summed E-state index contributed by atoms with van der Waals surface area (Å²) in [5, 5.41) is 3.47. The van der Waals surface area contributed by atoms with Gasteiger partial charge in [-0.25, -0.2) is 0 Å². The van der Waals surface area contributed by atoms with E-state index >= 15 is 0 Å². The maximum atomic E-state index is 3.47. The van der Waals surface area contributed by atoms with Crippen LogP contribution in [0.1, 0.15) is 25.8 Å². The standard InChI is InChI=1S/C13H25N3/c1-12(2)16(4)8-5-7-14-10-13-6-9-15(3)11-13/h6,9,11-12,14H,5,7-8,10H2,1-4H3. The van der Waals surface area contributed by atoms with Crippen LogP contribution in [0.4, 0.5) is 0 Å². The van der Waals surface area contributed by atoms with Gasteiger partial charge >= 0.3 is 0 Å². The first-order chi connectivity index (χ1) is 7.59. The van der Waals surface area contributed by atoms with Gasteiger partial charge < -0.3 is 14.8 Å². The Labute approximate surface area is 99.4 Å². The molecule has 0 spiro atoms. The Morgan fingerprint density at radius 3 is 2.75 bits per heavy atom. The van der Waals surface area contributed by atoms with Crippen LogP contribution in [-0.4, -0.2) is 35.6 Å². The quantitative estimate of drug-likeness (QED) is 0.712. The fourth-order valence-corrected chi connectivity index (χ4v) is 1.61. The molecular weight excluding hydrogens is 198 g/mol. The number of nitrogens with one attached hydrogen (secondary N) is 1. The number of rotatable bonds is 7. The average molecular weight is 223 g/mol. The predicted octanol–water partition coefficient (Wildman–Crippen LogP) is 1.84. The molecule has 0 saturated carbocycles. The molecule has 1 N–H and O–H groups in total. The maximum absolute atomic E-state index is 3.47. The van der Waals surface area contributed by atoms with E-state index in [1.165, 1.54) is 18.5 Å². The second-order valence-electron chi connectivity index (χ2n) is 4.79. The van der Waals surface area contributed by atoms with Gasteiger partial charge in [0.05, 0.1) is 0 Å². The van der Waals surface area contributed by atoms with Gasteiger partial charge in [0.25, 0.3) is 0 Å². The molecule has 0 aliphatic heterocycles. The Balaban J connectivity index is 2.04. The van der Waals surface area contributed by atoms with E-state index in [9.17, 15) is 0 Å². The Hall–Kier alpha value is -0.800. The molecule has 0 aliphatic rings. The first-order valence-electron chi connectivity index (χ1n) is 6.11. The lowest BCUT2D eigenvalue weighted by atomic mass is 10.3. The van der Waals surface area contributed by atoms with Crippen molar-refractivity contribution in [3.63, 3.8) is 0 Å². The minimum Gasteiger partial charge on any atom is -0.357 e. The van der Waals surface area contributed by atoms with Gasteiger partial charge in [-0.05, 0) is 52.0 Å². The molecule has 16 heavy (non-hydrogen) atoms. The van der Waals surface area contributed by atoms with Gasteiger partial charge in [-0.15, -0.1) is 0 Å². The molecule has 0 amide bonds. The lowest BCUT2D eigenvalue weighted by molar-refractivity contribution is 0.269. The zero-order valence-electron chi connectivity index (χ0n) is 11.0. The number of nitrogens with zero attached hydrogens (tertiary/aromatic N) is 2. The predicted molar refractivity (Wildman–Crippen MR) is 69.5 cm³/mol. The van der Waals surface area contributed by atoms with Crippen molar-refractivity contribution in [2.75, 3.05) is 20.1 Å². The lowest BCUT2D eigenvalue weighted by Crippen LogP contribution is -2.29. The first-order valence-corrected chi connectivity index (χ1v) is 6.11. The van der Waals surface area contributed by atoms with Crippen molar-refractivity contribution in [2.24, 2.45) is 7.05 Å². The molecule has 1 aromatic heterocycles. The molecule has 0 atom stereocenters. The van der Waals surface area contributed by atoms with Gasteiger partial charge in [0, 0.05) is 32.0 Å². The Kier molecular flexibility index (Phi) is 5.56. The second-order valence-corrected chi connectivity index (χ2v) is 4.79. The molecule has 1 rings (SSSR count). The smallest absolute Gasteiger partial charge is 0.0220 e. The van der Waals surface area contributed by atoms with Crippen LogP contribution in [0.15, 0.2) is 18.5 Å². The van der Waals surface area contributed by atoms with Gasteiger partial charge in [0.1, 0.15) is 0 Å². The van der Waals surface area contributed by atoms with Crippen LogP contribution < -0.4 is 5.32 Å². The van der Waals surface area contributed by atoms with Gasteiger partial charge in [-0.1, -0.05) is 0 Å². The Morgan fingerprint density at radius 2 is 2.19 bits per heavy atom. The largest absolute Gasteiger partial charge is 0.357 e. The van der Waals surface area contributed by atoms with Gasteiger partial charge in [-0.3, -0.25) is 0 Å². The highest BCUT2D eigenvalue weighted by atomic mass is 15.1. The summed E-state index contributed by atoms with van der Waals surface area (Å²) in [5.74, 6) is 0. The summed E-state index contributed by atoms with van der Waals surface area (Å²) in [6.07, 6.45) is 5.46. The van der Waals surface area contributed by atoms with Crippen LogP contribution >= 0.6 is 0 Å². The molecule has 92 valence electrons. The minimum atomic E-state index is 0.647. The van der Waals surface area contributed by atoms with E-state index in [0.29, 0.717) is 6.04 Å². The highest BCUT2D eigenvalue weighted by Gasteiger charge is 2.01. The van der Waals surface area contributed by atoms with Crippen LogP contribution in [-0.2, 0) is 13.6 Å². The number of aromatic nitrogens is 1. The fourth-order valence-electron chi connectivity index (χ4n) is 1.61. The van der Waals surface area contributed by atoms with E-state index in [2.05, 4.69) is 61.2 Å². The molecule has 0 bridgehead atoms. The third-order valence-corrected chi connectivity index (χ3v) is 2.97. The summed E-state index contributed by atoms with van der Waals surface area (Å²) in [7, 11) is 4.24. The normalized spacial score (nSPS) is 11.6. The third-order valence-electron chi connectivity index (χ3n) is 2.97. The molecule has 0 unspecified atom stereocenters. The van der Waals surface area contributed by atoms with Crippen LogP contribution in [0, 0.1) is 0 Å². The van der Waals surface area contributed by atoms with E-state index in [0.717, 1.165) is 13.1 Å². The van der Waals surface area contributed by atoms with Crippen LogP contribution in [0.2, 0.25) is 0 Å². The summed E-state index contributed by atoms with van der Waals surface area (Å²) in [6.45, 7) is 7.70. The zero-order chi connectivity index (χ0) is 12.0. The van der Waals surface area contributed by atoms with E-state index in [1.807, 2.05) is 0 Å². The van der Waals surface area contributed by atoms with Crippen molar-refractivity contribution >= 4 is 0 Å². The highest BCUT2D eigenvalue weighted by molar-refractivity contribution is 5.09. The molecule has 0 radical (unpaired) electrons. The summed E-state index contributed by atoms with van der Waals surface area (Å²) in [4.78, 5) is 2.38. The molecular formula is C13H25N3. The van der Waals surface area contributed by atoms with Crippen molar-refractivity contribution in [1.29, 1.82) is 0 Å². The molecule has 0 aliphatic carbocycles. The molecule has 0 aromatic carbocycles. The van der Waals surface area contributed by atoms with Crippen molar-refractivity contribution < 1.29 is 0 Å². The monoisotopic (exact) mass is 223 g/mol. The summed E-state index contributed by atoms with van der Waals surface area (Å²) >= 11 is 0. The number of hydrogen-bond acceptors (Lipinski definition) is 2. The van der Waals surface area contributed by atoms with Crippen molar-refractivity contribution in [3.05, 3.63) is 24.0 Å². The molecule has 1 heterocycles. The fraction of sp³-hybridized carbons (Fsp3) is 0.692. The van der Waals surface area contributed by atoms with E-state index in [4.69, 9.17) is 0 Å². The van der Waals surface area contributed by atoms with E-state index in [1.54, 1.807) is 0 Å². The first kappa shape index (κ1) is 13.3. The highest BCUT2D eigenvalue weighted by Crippen LogP contribution is 1.99. The summed E-state index contributed by atoms with van der Waals surface area (Å²) in [5.41, 5.74) is 1.36. The molecule has 1 aromatic rings. The van der Waals surface area contributed by atoms with E-state index < -0.39 is 0 Å². The Morgan fingerprint density at radius 1 is 1.44 bits per heavy atom. The second kappa shape index (κ2) is 6.71. The topological polar surface area (TPSA) is 20.2 Å². The van der Waals surface area contributed by atoms with Crippen molar-refractivity contribution in [3.8, 4) is 0 Å². The third kappa shape index (κ3) is 4.81. The molecule has 3 heteroatoms. The lowest BCUT2D eigenvalue weighted by Gasteiger charge is -2.20. The zero-order valence-corrected chi connectivity index (χ0v) is 11.0. The van der Waals surface area contributed by atoms with E-state index in [-0.39, 0.29) is 0 Å². The summed E-state index contributed by atoms with van der Waals surface area (Å²) < 4.78 is 2.09. The van der Waals surface area contributed by atoms with Gasteiger partial charge in [0.15, 0.2) is 0 Å². The van der Waals surface area contributed by atoms with Crippen LogP contribution in [0.5, 0.6) is 0 Å². The minimum absolute atomic E-state index is 0.647. The van der Waals surface area contributed by atoms with Crippen LogP contribution in [0.25, 0.3) is 0 Å². The Bertz CT molecular complexity index is 291. The maximum Gasteiger partial charge on any atom is 0.0220 e. The molecule has 3 nitrogen and oxygen atoms in total. The van der Waals surface area contributed by atoms with Gasteiger partial charge in [0.2, 0.25) is 0 Å². The van der Waals surface area contributed by atoms with Crippen molar-refractivity contribution in [1.82, 2.24) is 14.8 Å². The average Bonchev–Trinajstić information content (AvgIpc) is 2.63. The van der Waals surface area contributed by atoms with Crippen molar-refractivity contribution in [2.45, 2.75) is 32.9 Å². The summed E-state index contributed by atoms with van der Waals surface area (Å²) in [6, 6.07) is 2.81. The SMILES string of the molecule is CC(C)N(C)CCCNCc1ccn(C)c1. The molecule has 0 saturated heterocycles. The van der Waals surface area contributed by atoms with Crippen LogP contribution in [0.3, 0.4) is 0 Å². The molecule has 0 fully saturated rings.